The number of ether oxygens (including phenoxy) is 8. The van der Waals surface area contributed by atoms with Gasteiger partial charge in [-0.1, -0.05) is 114 Å². The molecule has 0 aliphatic rings. The van der Waals surface area contributed by atoms with Crippen LogP contribution in [0.2, 0.25) is 0 Å². The van der Waals surface area contributed by atoms with Crippen LogP contribution in [0.3, 0.4) is 0 Å². The van der Waals surface area contributed by atoms with E-state index >= 15 is 0 Å². The van der Waals surface area contributed by atoms with Crippen LogP contribution in [0.5, 0.6) is 28.7 Å². The second-order valence-electron chi connectivity index (χ2n) is 16.8. The number of alkyl halides is 2. The summed E-state index contributed by atoms with van der Waals surface area (Å²) in [7, 11) is 28.6. The number of hydrogen-bond acceptors (Lipinski definition) is 12. The maximum absolute atomic E-state index is 13.7. The van der Waals surface area contributed by atoms with Crippen molar-refractivity contribution in [1.82, 2.24) is 0 Å². The molecule has 0 fully saturated rings. The molecule has 0 heterocycles. The molecule has 0 radical (unpaired) electrons. The average Bonchev–Trinajstić information content (AvgIpc) is 3.67. The molecule has 0 saturated carbocycles. The molecule has 0 atom stereocenters. The van der Waals surface area contributed by atoms with E-state index in [0.717, 1.165) is 66.9 Å². The third-order valence-corrected chi connectivity index (χ3v) is 10.3. The first kappa shape index (κ1) is 92.9. The zero-order valence-electron chi connectivity index (χ0n) is 52.6. The number of methoxy groups -OCH3 is 6. The number of aldehydes is 2. The van der Waals surface area contributed by atoms with E-state index in [4.69, 9.17) is 84.1 Å². The molecule has 0 N–H and O–H groups in total. The average molecular weight is 1480 g/mol. The van der Waals surface area contributed by atoms with E-state index in [0.29, 0.717) is 48.2 Å². The minimum absolute atomic E-state index is 0. The van der Waals surface area contributed by atoms with Crippen molar-refractivity contribution in [3.05, 3.63) is 172 Å². The Morgan fingerprint density at radius 2 is 0.876 bits per heavy atom. The minimum atomic E-state index is -3.11. The fraction of sp³-hybridized carbons (Fsp3) is 0.375. The number of allylic oxidation sites excluding steroid dienone is 1. The summed E-state index contributed by atoms with van der Waals surface area (Å²) in [5.74, 6) is -1.68. The van der Waals surface area contributed by atoms with E-state index in [1.165, 1.54) is 97.6 Å². The van der Waals surface area contributed by atoms with Crippen LogP contribution >= 0.6 is 60.4 Å². The molecule has 25 heteroatoms. The van der Waals surface area contributed by atoms with Crippen LogP contribution < -0.4 is 40.7 Å². The van der Waals surface area contributed by atoms with Gasteiger partial charge in [-0.05, 0) is 141 Å². The van der Waals surface area contributed by atoms with Crippen molar-refractivity contribution in [1.29, 1.82) is 0 Å². The number of rotatable bonds is 20. The Balaban J connectivity index is -0.000000309. The molecule has 500 valence electrons. The first-order valence-electron chi connectivity index (χ1n) is 27.1. The molecule has 0 aliphatic carbocycles. The molecule has 0 aliphatic heterocycles. The summed E-state index contributed by atoms with van der Waals surface area (Å²) < 4.78 is 103. The van der Waals surface area contributed by atoms with Crippen molar-refractivity contribution in [3.63, 3.8) is 0 Å². The SMILES string of the molecule is C/C=C/c1ccc(F)c(OC)c1.C=CC(=O)OCC.CCC.CCCc1cc(OC)c(F)cc1/C=C/C(=O)OCC.CCCc1cc(OC)c(F)cc1C=O.CCCc1ccc(F)c(OC)c1.COC(Cl)Cl.COc1cc(C=O)ccc1F.[Br-].[Cl][Ti]([Cl])([Cl])[Cl]. The monoisotopic (exact) mass is 1480 g/mol. The van der Waals surface area contributed by atoms with Gasteiger partial charge in [0.05, 0.1) is 48.8 Å². The van der Waals surface area contributed by atoms with Gasteiger partial charge in [0.2, 0.25) is 5.02 Å². The van der Waals surface area contributed by atoms with E-state index in [9.17, 15) is 41.1 Å². The van der Waals surface area contributed by atoms with Gasteiger partial charge < -0.3 is 54.9 Å². The molecule has 0 amide bonds. The van der Waals surface area contributed by atoms with Gasteiger partial charge in [-0.25, -0.2) is 31.5 Å². The van der Waals surface area contributed by atoms with Crippen LogP contribution in [-0.4, -0.2) is 85.4 Å². The van der Waals surface area contributed by atoms with Gasteiger partial charge in [-0.15, -0.1) is 0 Å². The number of benzene rings is 5. The molecule has 89 heavy (non-hydrogen) atoms. The molecule has 0 bridgehead atoms. The second-order valence-corrected chi connectivity index (χ2v) is 33.3. The van der Waals surface area contributed by atoms with Gasteiger partial charge in [-0.3, -0.25) is 9.59 Å². The van der Waals surface area contributed by atoms with Gasteiger partial charge in [-0.2, -0.15) is 0 Å². The van der Waals surface area contributed by atoms with E-state index in [1.54, 1.807) is 56.3 Å². The third kappa shape index (κ3) is 47.7. The van der Waals surface area contributed by atoms with Crippen LogP contribution in [0.1, 0.15) is 130 Å². The van der Waals surface area contributed by atoms with Crippen LogP contribution in [0.15, 0.2) is 104 Å². The fourth-order valence-corrected chi connectivity index (χ4v) is 6.19. The first-order valence-corrected chi connectivity index (χ1v) is 36.6. The third-order valence-electron chi connectivity index (χ3n) is 9.91. The number of aryl methyl sites for hydroxylation is 3. The fourth-order valence-electron chi connectivity index (χ4n) is 6.19. The summed E-state index contributed by atoms with van der Waals surface area (Å²) in [6, 6.07) is 19.5. The van der Waals surface area contributed by atoms with E-state index < -0.39 is 40.8 Å². The van der Waals surface area contributed by atoms with Crippen molar-refractivity contribution in [2.75, 3.05) is 55.9 Å². The Labute approximate surface area is 562 Å². The summed E-state index contributed by atoms with van der Waals surface area (Å²) >= 11 is 6.90. The zero-order valence-corrected chi connectivity index (χ0v) is 60.3. The number of carbonyl (C=O) groups excluding carboxylic acids is 4. The predicted octanol–water partition coefficient (Wildman–Crippen LogP) is 16.6. The summed E-state index contributed by atoms with van der Waals surface area (Å²) in [5, 5.41) is -0.671. The zero-order chi connectivity index (χ0) is 68.2. The Morgan fingerprint density at radius 1 is 0.517 bits per heavy atom. The predicted molar refractivity (Wildman–Crippen MR) is 347 cm³/mol. The summed E-state index contributed by atoms with van der Waals surface area (Å²) in [4.78, 5) is 42.2. The number of halogens is 12. The second kappa shape index (κ2) is 58.2. The van der Waals surface area contributed by atoms with E-state index in [-0.39, 0.29) is 57.6 Å². The molecule has 5 rings (SSSR count). The van der Waals surface area contributed by atoms with Crippen molar-refractivity contribution in [2.45, 2.75) is 105 Å². The van der Waals surface area contributed by atoms with Crippen LogP contribution in [0.4, 0.5) is 22.0 Å². The molecule has 0 unspecified atom stereocenters. The van der Waals surface area contributed by atoms with Crippen molar-refractivity contribution < 1.29 is 108 Å². The van der Waals surface area contributed by atoms with E-state index in [2.05, 4.69) is 41.6 Å². The van der Waals surface area contributed by atoms with E-state index in [1.807, 2.05) is 32.9 Å². The van der Waals surface area contributed by atoms with Crippen molar-refractivity contribution in [2.24, 2.45) is 0 Å². The molecule has 0 saturated heterocycles. The molecule has 5 aromatic rings. The van der Waals surface area contributed by atoms with Crippen LogP contribution in [-0.2, 0) is 55.4 Å². The van der Waals surface area contributed by atoms with Crippen molar-refractivity contribution >= 4 is 97.1 Å². The number of esters is 2. The number of hydrogen-bond donors (Lipinski definition) is 0. The van der Waals surface area contributed by atoms with Crippen molar-refractivity contribution in [3.8, 4) is 28.7 Å². The Bertz CT molecular complexity index is 2810. The van der Waals surface area contributed by atoms with Gasteiger partial charge in [0.25, 0.3) is 0 Å². The quantitative estimate of drug-likeness (QED) is 0.0183. The molecule has 0 spiro atoms. The van der Waals surface area contributed by atoms with Gasteiger partial charge in [0.15, 0.2) is 57.8 Å². The first-order chi connectivity index (χ1) is 41.7. The molecule has 0 aromatic heterocycles. The Kier molecular flexibility index (Phi) is 60.8. The summed E-state index contributed by atoms with van der Waals surface area (Å²) in [5.41, 5.74) is 5.33. The van der Waals surface area contributed by atoms with Gasteiger partial charge in [0, 0.05) is 30.4 Å². The van der Waals surface area contributed by atoms with Gasteiger partial charge in [0.1, 0.15) is 12.6 Å². The maximum atomic E-state index is 13.7. The van der Waals surface area contributed by atoms with Gasteiger partial charge >= 0.3 is 61.5 Å². The van der Waals surface area contributed by atoms with Crippen LogP contribution in [0.25, 0.3) is 12.2 Å². The Hall–Kier alpha value is -4.86. The topological polar surface area (TPSA) is 142 Å². The Morgan fingerprint density at radius 3 is 1.22 bits per heavy atom. The number of carbonyl (C=O) groups is 4. The molecule has 12 nitrogen and oxygen atoms in total. The molecular weight excluding hydrogens is 1400 g/mol. The molecular formula is C64H83BrCl6F5O12Ti-. The molecule has 5 aromatic carbocycles. The van der Waals surface area contributed by atoms with Crippen LogP contribution in [0, 0.1) is 29.1 Å². The summed E-state index contributed by atoms with van der Waals surface area (Å²) in [6.45, 7) is 19.7. The summed E-state index contributed by atoms with van der Waals surface area (Å²) in [6.07, 6.45) is 15.8. The standard InChI is InChI=1S/C15H19FO3.C11H13FO2.C10H13FO.C10H11FO.C8H7FO2.C5H8O2.C3H8.C2H4Cl2O.BrH.4ClH.Ti/c1-4-6-11-10-14(18-3)13(16)9-12(11)7-8-15(17)19-5-2;1-3-4-8-6-11(14-2)10(12)5-9(8)7-13;2*1-3-4-8-5-6-9(11)10(7-8)12-2;1-11-8-4-6(5-10)2-3-7(8)9;1-3-5(6)7-4-2;1-3-2;1-5-2(3)4;;;;;;/h7-10H,4-6H2,1-3H3;5-7H,3-4H2,1-2H3;5-7H,3-4H2,1-2H3;3-7H,1-2H3;2-5H,1H3;3H,1,4H2,2H3;3H2,1-2H3;2H,1H3;5*1H;/q;;;;;;;;;;;;;+4/p-5/b8-7+;;;4-3+;;;;;;;;;;. The normalized spacial score (nSPS) is 9.78.